The molecule has 2 nitrogen and oxygen atoms in total. The lowest BCUT2D eigenvalue weighted by Gasteiger charge is -2.28. The smallest absolute Gasteiger partial charge is 0.220 e. The summed E-state index contributed by atoms with van der Waals surface area (Å²) in [5, 5.41) is 4.11. The molecule has 0 aliphatic heterocycles. The Morgan fingerprint density at radius 2 is 1.05 bits per heavy atom. The first-order valence-electron chi connectivity index (χ1n) is 13.5. The number of nitrogens with zero attached hydrogens (tertiary/aromatic N) is 1. The second kappa shape index (κ2) is 13.2. The summed E-state index contributed by atoms with van der Waals surface area (Å²) in [7, 11) is -2.01. The van der Waals surface area contributed by atoms with Crippen LogP contribution >= 0.6 is 7.26 Å². The fourth-order valence-electron chi connectivity index (χ4n) is 5.12. The third kappa shape index (κ3) is 6.21. The van der Waals surface area contributed by atoms with Crippen LogP contribution in [-0.4, -0.2) is 11.6 Å². The van der Waals surface area contributed by atoms with Gasteiger partial charge in [0.15, 0.2) is 0 Å². The van der Waals surface area contributed by atoms with Crippen LogP contribution in [0.25, 0.3) is 0 Å². The van der Waals surface area contributed by atoms with Crippen molar-refractivity contribution in [3.05, 3.63) is 151 Å². The minimum Gasteiger partial charge on any atom is -0.477 e. The van der Waals surface area contributed by atoms with Crippen molar-refractivity contribution < 1.29 is 4.74 Å². The second-order valence-electron chi connectivity index (χ2n) is 9.59. The van der Waals surface area contributed by atoms with Gasteiger partial charge in [-0.05, 0) is 79.8 Å². The topological polar surface area (TPSA) is 22.1 Å². The Kier molecular flexibility index (Phi) is 8.98. The fraction of sp³-hybridized carbons (Fsp3) is 0.171. The maximum absolute atomic E-state index is 6.35. The minimum absolute atomic E-state index is 0.687. The largest absolute Gasteiger partial charge is 0.477 e. The fourth-order valence-corrected chi connectivity index (χ4v) is 9.36. The van der Waals surface area contributed by atoms with Crippen LogP contribution in [0, 0.1) is 0 Å². The average molecular weight is 517 g/mol. The summed E-state index contributed by atoms with van der Waals surface area (Å²) in [6, 6.07) is 47.9. The summed E-state index contributed by atoms with van der Waals surface area (Å²) in [6.07, 6.45) is 7.18. The SMILES string of the molecule is c1ccc(CCCCCOc2ncccc2C[P+](c2ccccc2)(c2ccccc2)c2ccccc2)cc1. The number of pyridine rings is 1. The highest BCUT2D eigenvalue weighted by molar-refractivity contribution is 7.95. The predicted molar refractivity (Wildman–Crippen MR) is 163 cm³/mol. The summed E-state index contributed by atoms with van der Waals surface area (Å²) >= 11 is 0. The molecule has 0 fully saturated rings. The molecule has 0 spiro atoms. The lowest BCUT2D eigenvalue weighted by atomic mass is 10.1. The standard InChI is InChI=1S/C35H35NOP/c1-6-17-30(18-7-1)19-8-5-15-28-37-35-31(20-16-27-36-35)29-38(32-21-9-2-10-22-32,33-23-11-3-12-24-33)34-25-13-4-14-26-34/h1-4,6-7,9-14,16-18,20-27H,5,8,15,19,28-29H2/q+1. The molecule has 0 saturated carbocycles. The summed E-state index contributed by atoms with van der Waals surface area (Å²) < 4.78 is 6.35. The van der Waals surface area contributed by atoms with Gasteiger partial charge in [-0.2, -0.15) is 0 Å². The van der Waals surface area contributed by atoms with E-state index in [4.69, 9.17) is 9.72 Å². The Morgan fingerprint density at radius 1 is 0.526 bits per heavy atom. The van der Waals surface area contributed by atoms with Crippen LogP contribution in [0.4, 0.5) is 0 Å². The van der Waals surface area contributed by atoms with Gasteiger partial charge in [-0.15, -0.1) is 0 Å². The van der Waals surface area contributed by atoms with Gasteiger partial charge in [0.2, 0.25) is 5.88 Å². The van der Waals surface area contributed by atoms with Crippen LogP contribution in [0.5, 0.6) is 5.88 Å². The maximum atomic E-state index is 6.35. The van der Waals surface area contributed by atoms with E-state index in [9.17, 15) is 0 Å². The van der Waals surface area contributed by atoms with E-state index in [0.717, 1.165) is 31.3 Å². The minimum atomic E-state index is -2.01. The van der Waals surface area contributed by atoms with E-state index in [2.05, 4.69) is 127 Å². The van der Waals surface area contributed by atoms with Gasteiger partial charge in [-0.25, -0.2) is 4.98 Å². The zero-order chi connectivity index (χ0) is 25.9. The third-order valence-corrected chi connectivity index (χ3v) is 11.4. The van der Waals surface area contributed by atoms with E-state index in [-0.39, 0.29) is 0 Å². The molecular formula is C35H35NOP+. The van der Waals surface area contributed by atoms with Crippen LogP contribution in [0.3, 0.4) is 0 Å². The first-order chi connectivity index (χ1) is 18.9. The molecule has 1 heterocycles. The molecule has 0 radical (unpaired) electrons. The van der Waals surface area contributed by atoms with Crippen LogP contribution in [0.2, 0.25) is 0 Å². The van der Waals surface area contributed by atoms with Gasteiger partial charge in [0.1, 0.15) is 29.3 Å². The molecule has 5 rings (SSSR count). The van der Waals surface area contributed by atoms with Crippen LogP contribution in [0.1, 0.15) is 30.4 Å². The molecule has 0 aliphatic carbocycles. The van der Waals surface area contributed by atoms with Gasteiger partial charge < -0.3 is 4.74 Å². The number of hydrogen-bond acceptors (Lipinski definition) is 2. The zero-order valence-electron chi connectivity index (χ0n) is 21.8. The van der Waals surface area contributed by atoms with Crippen molar-refractivity contribution in [3.8, 4) is 5.88 Å². The van der Waals surface area contributed by atoms with Crippen molar-refractivity contribution in [2.75, 3.05) is 6.61 Å². The molecule has 0 amide bonds. The summed E-state index contributed by atoms with van der Waals surface area (Å²) in [5.74, 6) is 0.766. The third-order valence-electron chi connectivity index (χ3n) is 7.04. The number of aryl methyl sites for hydroxylation is 1. The zero-order valence-corrected chi connectivity index (χ0v) is 22.7. The lowest BCUT2D eigenvalue weighted by Crippen LogP contribution is -2.32. The molecule has 0 atom stereocenters. The second-order valence-corrected chi connectivity index (χ2v) is 13.1. The molecule has 190 valence electrons. The molecule has 0 bridgehead atoms. The van der Waals surface area contributed by atoms with Gasteiger partial charge in [0.05, 0.1) is 12.2 Å². The Hall–Kier alpha value is -3.74. The van der Waals surface area contributed by atoms with Gasteiger partial charge in [-0.3, -0.25) is 0 Å². The van der Waals surface area contributed by atoms with Crippen molar-refractivity contribution in [2.45, 2.75) is 31.8 Å². The number of benzene rings is 4. The van der Waals surface area contributed by atoms with E-state index >= 15 is 0 Å². The number of ether oxygens (including phenoxy) is 1. The molecule has 0 unspecified atom stereocenters. The van der Waals surface area contributed by atoms with Crippen LogP contribution in [-0.2, 0) is 12.6 Å². The van der Waals surface area contributed by atoms with Gasteiger partial charge >= 0.3 is 0 Å². The van der Waals surface area contributed by atoms with Gasteiger partial charge in [0.25, 0.3) is 0 Å². The molecule has 1 aromatic heterocycles. The predicted octanol–water partition coefficient (Wildman–Crippen LogP) is 7.37. The molecule has 0 aliphatic rings. The number of aromatic nitrogens is 1. The Balaban J connectivity index is 1.39. The van der Waals surface area contributed by atoms with Gasteiger partial charge in [-0.1, -0.05) is 84.9 Å². The molecule has 5 aromatic rings. The number of rotatable bonds is 12. The van der Waals surface area contributed by atoms with E-state index in [1.54, 1.807) is 0 Å². The van der Waals surface area contributed by atoms with E-state index in [1.807, 2.05) is 12.3 Å². The highest BCUT2D eigenvalue weighted by Gasteiger charge is 2.46. The molecule has 3 heteroatoms. The van der Waals surface area contributed by atoms with E-state index in [0.29, 0.717) is 6.61 Å². The van der Waals surface area contributed by atoms with Crippen LogP contribution < -0.4 is 20.7 Å². The molecule has 0 saturated heterocycles. The summed E-state index contributed by atoms with van der Waals surface area (Å²) in [6.45, 7) is 0.687. The summed E-state index contributed by atoms with van der Waals surface area (Å²) in [4.78, 5) is 4.70. The summed E-state index contributed by atoms with van der Waals surface area (Å²) in [5.41, 5.74) is 2.57. The Bertz CT molecular complexity index is 1280. The first kappa shape index (κ1) is 25.9. The van der Waals surface area contributed by atoms with Crippen molar-refractivity contribution >= 4 is 23.2 Å². The molecule has 4 aromatic carbocycles. The van der Waals surface area contributed by atoms with E-state index in [1.165, 1.54) is 33.5 Å². The van der Waals surface area contributed by atoms with Crippen molar-refractivity contribution in [1.29, 1.82) is 0 Å². The van der Waals surface area contributed by atoms with Crippen molar-refractivity contribution in [2.24, 2.45) is 0 Å². The lowest BCUT2D eigenvalue weighted by molar-refractivity contribution is 0.292. The normalized spacial score (nSPS) is 11.3. The van der Waals surface area contributed by atoms with Gasteiger partial charge in [0, 0.05) is 6.20 Å². The average Bonchev–Trinajstić information content (AvgIpc) is 3.00. The van der Waals surface area contributed by atoms with E-state index < -0.39 is 7.26 Å². The quantitative estimate of drug-likeness (QED) is 0.128. The van der Waals surface area contributed by atoms with Crippen molar-refractivity contribution in [3.63, 3.8) is 0 Å². The maximum Gasteiger partial charge on any atom is 0.220 e. The molecular weight excluding hydrogens is 481 g/mol. The monoisotopic (exact) mass is 516 g/mol. The Labute approximate surface area is 227 Å². The van der Waals surface area contributed by atoms with Crippen LogP contribution in [0.15, 0.2) is 140 Å². The highest BCUT2D eigenvalue weighted by Crippen LogP contribution is 2.58. The molecule has 0 N–H and O–H groups in total. The van der Waals surface area contributed by atoms with Crippen molar-refractivity contribution in [1.82, 2.24) is 4.98 Å². The number of hydrogen-bond donors (Lipinski definition) is 0. The Morgan fingerprint density at radius 3 is 1.61 bits per heavy atom. The molecule has 38 heavy (non-hydrogen) atoms. The first-order valence-corrected chi connectivity index (χ1v) is 15.5. The highest BCUT2D eigenvalue weighted by atomic mass is 31.2. The number of unbranched alkanes of at least 4 members (excludes halogenated alkanes) is 2.